The zero-order valence-electron chi connectivity index (χ0n) is 18.2. The molecule has 4 N–H and O–H groups in total. The smallest absolute Gasteiger partial charge is 0.233 e. The van der Waals surface area contributed by atoms with E-state index in [-0.39, 0.29) is 6.04 Å². The van der Waals surface area contributed by atoms with Crippen molar-refractivity contribution in [2.24, 2.45) is 0 Å². The Kier molecular flexibility index (Phi) is 7.23. The van der Waals surface area contributed by atoms with Crippen LogP contribution in [0.5, 0.6) is 5.75 Å². The molecule has 0 amide bonds. The predicted octanol–water partition coefficient (Wildman–Crippen LogP) is 3.49. The van der Waals surface area contributed by atoms with Crippen LogP contribution in [0, 0.1) is 0 Å². The Morgan fingerprint density at radius 2 is 2.09 bits per heavy atom. The second-order valence-electron chi connectivity index (χ2n) is 7.55. The van der Waals surface area contributed by atoms with Crippen molar-refractivity contribution in [3.05, 3.63) is 41.9 Å². The summed E-state index contributed by atoms with van der Waals surface area (Å²) in [5.74, 6) is 1.97. The summed E-state index contributed by atoms with van der Waals surface area (Å²) in [6, 6.07) is 6.05. The van der Waals surface area contributed by atoms with Crippen LogP contribution < -0.4 is 26.0 Å². The van der Waals surface area contributed by atoms with Crippen LogP contribution in [-0.4, -0.2) is 50.2 Å². The maximum Gasteiger partial charge on any atom is 0.233 e. The molecule has 1 saturated heterocycles. The minimum absolute atomic E-state index is 0.227. The van der Waals surface area contributed by atoms with E-state index in [2.05, 4.69) is 48.1 Å². The number of halogens is 1. The maximum atomic E-state index is 6.27. The number of anilines is 4. The molecule has 0 saturated carbocycles. The van der Waals surface area contributed by atoms with Crippen LogP contribution in [0.2, 0.25) is 5.02 Å². The highest BCUT2D eigenvalue weighted by Crippen LogP contribution is 2.28. The van der Waals surface area contributed by atoms with Gasteiger partial charge in [-0.1, -0.05) is 18.5 Å². The molecule has 10 nitrogen and oxygen atoms in total. The lowest BCUT2D eigenvalue weighted by molar-refractivity contribution is 0.415. The van der Waals surface area contributed by atoms with Gasteiger partial charge < -0.3 is 30.6 Å². The lowest BCUT2D eigenvalue weighted by Gasteiger charge is -2.24. The Morgan fingerprint density at radius 3 is 2.78 bits per heavy atom. The number of methoxy groups -OCH3 is 1. The number of rotatable bonds is 10. The largest absolute Gasteiger partial charge is 0.495 e. The third-order valence-corrected chi connectivity index (χ3v) is 5.66. The van der Waals surface area contributed by atoms with Gasteiger partial charge in [-0.25, -0.2) is 4.98 Å². The van der Waals surface area contributed by atoms with Crippen molar-refractivity contribution < 1.29 is 4.74 Å². The summed E-state index contributed by atoms with van der Waals surface area (Å²) in [5.41, 5.74) is 0.748. The van der Waals surface area contributed by atoms with E-state index < -0.39 is 0 Å². The topological polar surface area (TPSA) is 114 Å². The van der Waals surface area contributed by atoms with Gasteiger partial charge in [0.25, 0.3) is 0 Å². The molecule has 2 atom stereocenters. The lowest BCUT2D eigenvalue weighted by Crippen LogP contribution is -2.40. The number of ether oxygens (including phenoxy) is 1. The Morgan fingerprint density at radius 1 is 1.25 bits per heavy atom. The summed E-state index contributed by atoms with van der Waals surface area (Å²) < 4.78 is 7.12. The Balaban J connectivity index is 1.56. The predicted molar refractivity (Wildman–Crippen MR) is 126 cm³/mol. The number of benzene rings is 1. The molecule has 0 aliphatic carbocycles. The fourth-order valence-corrected chi connectivity index (χ4v) is 3.96. The highest BCUT2D eigenvalue weighted by atomic mass is 35.5. The van der Waals surface area contributed by atoms with Crippen LogP contribution >= 0.6 is 11.6 Å². The summed E-state index contributed by atoms with van der Waals surface area (Å²) >= 11 is 6.27. The van der Waals surface area contributed by atoms with E-state index >= 15 is 0 Å². The molecule has 0 bridgehead atoms. The van der Waals surface area contributed by atoms with Gasteiger partial charge in [0.05, 0.1) is 25.1 Å². The first-order chi connectivity index (χ1) is 15.6. The molecule has 0 spiro atoms. The summed E-state index contributed by atoms with van der Waals surface area (Å²) in [5, 5.41) is 14.0. The van der Waals surface area contributed by atoms with Crippen LogP contribution in [0.3, 0.4) is 0 Å². The van der Waals surface area contributed by atoms with Crippen LogP contribution in [0.15, 0.2) is 36.9 Å². The summed E-state index contributed by atoms with van der Waals surface area (Å²) in [4.78, 5) is 17.8. The number of nitrogens with zero attached hydrogens (tertiary/aromatic N) is 5. The minimum Gasteiger partial charge on any atom is -0.495 e. The van der Waals surface area contributed by atoms with Crippen molar-refractivity contribution in [3.63, 3.8) is 0 Å². The molecule has 11 heteroatoms. The van der Waals surface area contributed by atoms with Crippen molar-refractivity contribution in [3.8, 4) is 5.75 Å². The van der Waals surface area contributed by atoms with Gasteiger partial charge in [-0.05, 0) is 44.0 Å². The molecule has 1 aromatic carbocycles. The zero-order valence-corrected chi connectivity index (χ0v) is 18.9. The van der Waals surface area contributed by atoms with E-state index in [0.29, 0.717) is 41.3 Å². The van der Waals surface area contributed by atoms with Crippen LogP contribution in [-0.2, 0) is 6.67 Å². The highest BCUT2D eigenvalue weighted by molar-refractivity contribution is 6.32. The fourth-order valence-electron chi connectivity index (χ4n) is 3.70. The first-order valence-corrected chi connectivity index (χ1v) is 11.1. The van der Waals surface area contributed by atoms with Crippen LogP contribution in [0.4, 0.5) is 23.5 Å². The summed E-state index contributed by atoms with van der Waals surface area (Å²) in [7, 11) is 1.58. The lowest BCUT2D eigenvalue weighted by atomic mass is 10.0. The molecule has 0 radical (unpaired) electrons. The van der Waals surface area contributed by atoms with Crippen molar-refractivity contribution in [2.45, 2.75) is 44.9 Å². The standard InChI is InChI=1S/C21H28ClN9O/c1-3-16(17-5-4-8-24-17)27-21-29-19(25-13-31-10-9-23-12-31)28-20(30-21)26-14-6-7-18(32-2)15(22)11-14/h6-7,9-12,16-17,24H,3-5,8,13H2,1-2H3,(H3,25,26,27,28,29,30). The Hall–Kier alpha value is -3.11. The molecule has 3 aromatic rings. The van der Waals surface area contributed by atoms with E-state index in [9.17, 15) is 0 Å². The van der Waals surface area contributed by atoms with Gasteiger partial charge in [-0.2, -0.15) is 15.0 Å². The highest BCUT2D eigenvalue weighted by Gasteiger charge is 2.24. The van der Waals surface area contributed by atoms with E-state index in [1.165, 1.54) is 6.42 Å². The fraction of sp³-hybridized carbons (Fsp3) is 0.429. The van der Waals surface area contributed by atoms with Crippen molar-refractivity contribution in [1.82, 2.24) is 29.8 Å². The van der Waals surface area contributed by atoms with Gasteiger partial charge >= 0.3 is 0 Å². The third kappa shape index (κ3) is 5.57. The normalized spacial score (nSPS) is 16.5. The van der Waals surface area contributed by atoms with Gasteiger partial charge in [-0.15, -0.1) is 0 Å². The van der Waals surface area contributed by atoms with Gasteiger partial charge in [0.1, 0.15) is 5.75 Å². The minimum atomic E-state index is 0.227. The molecule has 2 unspecified atom stereocenters. The van der Waals surface area contributed by atoms with E-state index in [1.807, 2.05) is 16.8 Å². The van der Waals surface area contributed by atoms with Crippen molar-refractivity contribution in [1.29, 1.82) is 0 Å². The summed E-state index contributed by atoms with van der Waals surface area (Å²) in [6.45, 7) is 3.69. The molecule has 1 aliphatic rings. The molecule has 4 rings (SSSR count). The zero-order chi connectivity index (χ0) is 22.3. The average Bonchev–Trinajstić information content (AvgIpc) is 3.50. The van der Waals surface area contributed by atoms with Crippen molar-refractivity contribution in [2.75, 3.05) is 29.6 Å². The summed E-state index contributed by atoms with van der Waals surface area (Å²) in [6.07, 6.45) is 8.59. The van der Waals surface area contributed by atoms with Gasteiger partial charge in [0.2, 0.25) is 17.8 Å². The number of aromatic nitrogens is 5. The van der Waals surface area contributed by atoms with Gasteiger partial charge in [0.15, 0.2) is 0 Å². The molecule has 1 aliphatic heterocycles. The van der Waals surface area contributed by atoms with Crippen molar-refractivity contribution >= 4 is 35.1 Å². The number of hydrogen-bond donors (Lipinski definition) is 4. The number of hydrogen-bond acceptors (Lipinski definition) is 9. The monoisotopic (exact) mass is 457 g/mol. The molecule has 3 heterocycles. The first kappa shape index (κ1) is 22.1. The van der Waals surface area contributed by atoms with Gasteiger partial charge in [0, 0.05) is 30.2 Å². The van der Waals surface area contributed by atoms with Crippen LogP contribution in [0.1, 0.15) is 26.2 Å². The molecular formula is C21H28ClN9O. The van der Waals surface area contributed by atoms with E-state index in [4.69, 9.17) is 16.3 Å². The average molecular weight is 458 g/mol. The molecule has 32 heavy (non-hydrogen) atoms. The molecule has 2 aromatic heterocycles. The molecule has 1 fully saturated rings. The van der Waals surface area contributed by atoms with E-state index in [1.54, 1.807) is 31.8 Å². The molecular weight excluding hydrogens is 430 g/mol. The van der Waals surface area contributed by atoms with Gasteiger partial charge in [-0.3, -0.25) is 0 Å². The second-order valence-corrected chi connectivity index (χ2v) is 7.96. The third-order valence-electron chi connectivity index (χ3n) is 5.36. The quantitative estimate of drug-likeness (QED) is 0.363. The van der Waals surface area contributed by atoms with Crippen LogP contribution in [0.25, 0.3) is 0 Å². The number of imidazole rings is 1. The van der Waals surface area contributed by atoms with E-state index in [0.717, 1.165) is 25.1 Å². The Bertz CT molecular complexity index is 1010. The second kappa shape index (κ2) is 10.5. The molecule has 170 valence electrons. The SMILES string of the molecule is CCC(Nc1nc(NCn2ccnc2)nc(Nc2ccc(OC)c(Cl)c2)n1)C1CCCN1. The Labute approximate surface area is 192 Å². The number of nitrogens with one attached hydrogen (secondary N) is 4. The maximum absolute atomic E-state index is 6.27. The first-order valence-electron chi connectivity index (χ1n) is 10.7.